The van der Waals surface area contributed by atoms with Crippen molar-refractivity contribution in [3.05, 3.63) is 97.1 Å². The number of hydrogen-bond acceptors (Lipinski definition) is 15. The molecule has 0 aromatic heterocycles. The van der Waals surface area contributed by atoms with Crippen molar-refractivity contribution in [2.75, 3.05) is 11.5 Å². The summed E-state index contributed by atoms with van der Waals surface area (Å²) in [7, 11) is -15.2. The fraction of sp³-hybridized carbons (Fsp3) is 0. The number of nitrogens with zero attached hydrogens (tertiary/aromatic N) is 4. The van der Waals surface area contributed by atoms with E-state index in [0.717, 1.165) is 12.1 Å². The number of azo groups is 2. The Kier molecular flexibility index (Phi) is 14.8. The molecule has 0 aliphatic rings. The Bertz CT molecular complexity index is 2810. The molecule has 0 amide bonds. The molecule has 0 fully saturated rings. The normalized spacial score (nSPS) is 12.1. The van der Waals surface area contributed by atoms with Crippen LogP contribution in [0, 0.1) is 0 Å². The third kappa shape index (κ3) is 9.93. The predicted molar refractivity (Wildman–Crippen MR) is 182 cm³/mol. The average molecular weight is 815 g/mol. The SMILES string of the molecule is Nc1ccc2c([O-])c(N=Nc3ccc(-c4ccc(N=Nc5c(N)ccc6c(S(=O)(=O)[O-])cc(S(=O)(=O)[O-])cc56)cc4)cc3)c(S(=O)(=O)O)cc2c1.[Na+].[Na+].[Na+]. The van der Waals surface area contributed by atoms with E-state index in [2.05, 4.69) is 20.5 Å². The molecule has 0 aliphatic heterocycles. The molecule has 0 saturated carbocycles. The molecule has 6 rings (SSSR count). The quantitative estimate of drug-likeness (QED) is 0.0593. The van der Waals surface area contributed by atoms with Gasteiger partial charge in [-0.05, 0) is 82.6 Å². The number of nitrogens with two attached hydrogens (primary N) is 2. The van der Waals surface area contributed by atoms with E-state index in [9.17, 15) is 44.0 Å². The molecular weight excluding hydrogens is 794 g/mol. The van der Waals surface area contributed by atoms with Crippen LogP contribution in [0.1, 0.15) is 0 Å². The minimum Gasteiger partial charge on any atom is -0.871 e. The summed E-state index contributed by atoms with van der Waals surface area (Å²) in [6, 6.07) is 22.2. The van der Waals surface area contributed by atoms with Gasteiger partial charge in [0.05, 0.1) is 32.5 Å². The molecule has 0 radical (unpaired) electrons. The van der Waals surface area contributed by atoms with Crippen molar-refractivity contribution in [3.63, 3.8) is 0 Å². The molecule has 6 aromatic rings. The van der Waals surface area contributed by atoms with Gasteiger partial charge in [-0.2, -0.15) is 18.6 Å². The smallest absolute Gasteiger partial charge is 0.871 e. The van der Waals surface area contributed by atoms with Crippen molar-refractivity contribution in [3.8, 4) is 16.9 Å². The van der Waals surface area contributed by atoms with E-state index in [1.807, 2.05) is 0 Å². The Morgan fingerprint density at radius 3 is 1.56 bits per heavy atom. The van der Waals surface area contributed by atoms with Crippen LogP contribution in [0.5, 0.6) is 5.75 Å². The first-order valence-corrected chi connectivity index (χ1v) is 18.5. The minimum atomic E-state index is -5.20. The molecule has 0 spiro atoms. The maximum absolute atomic E-state index is 13.0. The van der Waals surface area contributed by atoms with Crippen LogP contribution in [0.4, 0.5) is 34.1 Å². The van der Waals surface area contributed by atoms with Crippen LogP contribution in [0.25, 0.3) is 32.7 Å². The zero-order valence-corrected chi connectivity index (χ0v) is 37.0. The van der Waals surface area contributed by atoms with Gasteiger partial charge in [-0.1, -0.05) is 42.1 Å². The standard InChI is InChI=1S/C32H24N6O10S3.3Na/c33-20-5-10-24-19(13-20)14-29(51(46,47)48)31(32(24)39)38-36-22-8-3-18(4-9-22)17-1-6-21(7-2-17)35-37-30-26-15-23(49(40,41)42)16-28(50(43,44)45)25(26)11-12-27(30)34;;;/h1-16,39H,33-34H2,(H,40,41,42)(H,43,44,45)(H,46,47,48);;;/q;3*+1/p-3. The number of hydrogen-bond donors (Lipinski definition) is 3. The number of rotatable bonds is 8. The molecule has 0 atom stereocenters. The fourth-order valence-electron chi connectivity index (χ4n) is 5.14. The van der Waals surface area contributed by atoms with Crippen LogP contribution in [0.2, 0.25) is 0 Å². The van der Waals surface area contributed by atoms with Crippen LogP contribution < -0.4 is 105 Å². The zero-order valence-electron chi connectivity index (χ0n) is 28.5. The van der Waals surface area contributed by atoms with E-state index in [1.54, 1.807) is 48.5 Å². The molecule has 54 heavy (non-hydrogen) atoms. The third-order valence-corrected chi connectivity index (χ3v) is 10.1. The Morgan fingerprint density at radius 2 is 1.06 bits per heavy atom. The van der Waals surface area contributed by atoms with Gasteiger partial charge in [0.1, 0.15) is 30.8 Å². The largest absolute Gasteiger partial charge is 1.00 e. The number of fused-ring (bicyclic) bond motifs is 2. The van der Waals surface area contributed by atoms with Gasteiger partial charge < -0.3 is 25.7 Å². The minimum absolute atomic E-state index is 0. The van der Waals surface area contributed by atoms with Crippen LogP contribution in [0.3, 0.4) is 0 Å². The summed E-state index contributed by atoms with van der Waals surface area (Å²) in [5, 5.41) is 29.0. The number of anilines is 2. The van der Waals surface area contributed by atoms with Crippen molar-refractivity contribution in [1.29, 1.82) is 0 Å². The monoisotopic (exact) mass is 814 g/mol. The molecule has 0 saturated heterocycles. The maximum atomic E-state index is 13.0. The van der Waals surface area contributed by atoms with E-state index in [1.165, 1.54) is 30.3 Å². The molecule has 22 heteroatoms. The summed E-state index contributed by atoms with van der Waals surface area (Å²) < 4.78 is 105. The Labute approximate surface area is 374 Å². The van der Waals surface area contributed by atoms with E-state index in [-0.39, 0.29) is 133 Å². The topological polar surface area (TPSA) is 293 Å². The van der Waals surface area contributed by atoms with E-state index in [4.69, 9.17) is 11.5 Å². The second kappa shape index (κ2) is 17.5. The summed E-state index contributed by atoms with van der Waals surface area (Å²) in [4.78, 5) is -2.60. The van der Waals surface area contributed by atoms with Crippen molar-refractivity contribution < 1.29 is 133 Å². The summed E-state index contributed by atoms with van der Waals surface area (Å²) in [6.45, 7) is 0. The van der Waals surface area contributed by atoms with Gasteiger partial charge >= 0.3 is 88.7 Å². The van der Waals surface area contributed by atoms with E-state index >= 15 is 0 Å². The van der Waals surface area contributed by atoms with Crippen molar-refractivity contribution >= 4 is 86.0 Å². The second-order valence-corrected chi connectivity index (χ2v) is 15.0. The zero-order chi connectivity index (χ0) is 36.9. The summed E-state index contributed by atoms with van der Waals surface area (Å²) >= 11 is 0. The second-order valence-electron chi connectivity index (χ2n) is 10.9. The molecular formula is C32H21N6Na3O10S3. The van der Waals surface area contributed by atoms with Crippen molar-refractivity contribution in [2.24, 2.45) is 20.5 Å². The van der Waals surface area contributed by atoms with Gasteiger partial charge in [-0.25, -0.2) is 16.8 Å². The molecule has 6 aromatic carbocycles. The predicted octanol–water partition coefficient (Wildman–Crippen LogP) is -3.20. The molecule has 0 unspecified atom stereocenters. The van der Waals surface area contributed by atoms with Gasteiger partial charge in [-0.3, -0.25) is 4.55 Å². The molecule has 16 nitrogen and oxygen atoms in total. The molecule has 0 bridgehead atoms. The van der Waals surface area contributed by atoms with Crippen molar-refractivity contribution in [2.45, 2.75) is 14.7 Å². The van der Waals surface area contributed by atoms with Crippen LogP contribution in [-0.2, 0) is 30.4 Å². The molecule has 5 N–H and O–H groups in total. The van der Waals surface area contributed by atoms with Crippen LogP contribution >= 0.6 is 0 Å². The average Bonchev–Trinajstić information content (AvgIpc) is 3.06. The van der Waals surface area contributed by atoms with Gasteiger partial charge in [0, 0.05) is 16.5 Å². The van der Waals surface area contributed by atoms with E-state index in [0.29, 0.717) is 22.9 Å². The van der Waals surface area contributed by atoms with Gasteiger partial charge in [0.2, 0.25) is 0 Å². The van der Waals surface area contributed by atoms with Gasteiger partial charge in [-0.15, -0.1) is 10.2 Å². The Morgan fingerprint density at radius 1 is 0.537 bits per heavy atom. The first-order chi connectivity index (χ1) is 23.9. The molecule has 0 heterocycles. The maximum Gasteiger partial charge on any atom is 1.00 e. The summed E-state index contributed by atoms with van der Waals surface area (Å²) in [6.07, 6.45) is 0. The van der Waals surface area contributed by atoms with Gasteiger partial charge in [0.25, 0.3) is 10.1 Å². The Balaban J connectivity index is 0.00000261. The first kappa shape index (κ1) is 45.6. The number of benzene rings is 6. The molecule has 0 aliphatic carbocycles. The van der Waals surface area contributed by atoms with Crippen LogP contribution in [0.15, 0.2) is 132 Å². The van der Waals surface area contributed by atoms with Crippen molar-refractivity contribution in [1.82, 2.24) is 0 Å². The first-order valence-electron chi connectivity index (χ1n) is 14.2. The third-order valence-electron chi connectivity index (χ3n) is 7.56. The van der Waals surface area contributed by atoms with Gasteiger partial charge in [0.15, 0.2) is 0 Å². The van der Waals surface area contributed by atoms with Crippen LogP contribution in [-0.4, -0.2) is 38.9 Å². The summed E-state index contributed by atoms with van der Waals surface area (Å²) in [5.74, 6) is -0.763. The number of nitrogen functional groups attached to an aromatic ring is 2. The molecule has 260 valence electrons. The Hall–Kier alpha value is -2.83. The fourth-order valence-corrected chi connectivity index (χ4v) is 7.12. The van der Waals surface area contributed by atoms with E-state index < -0.39 is 56.5 Å². The summed E-state index contributed by atoms with van der Waals surface area (Å²) in [5.41, 5.74) is 13.2.